The van der Waals surface area contributed by atoms with Gasteiger partial charge in [0.2, 0.25) is 0 Å². The van der Waals surface area contributed by atoms with Crippen LogP contribution in [0.5, 0.6) is 0 Å². The van der Waals surface area contributed by atoms with Gasteiger partial charge in [0.25, 0.3) is 0 Å². The Morgan fingerprint density at radius 1 is 0.444 bits per heavy atom. The maximum atomic E-state index is 9.51. The van der Waals surface area contributed by atoms with Crippen molar-refractivity contribution in [3.63, 3.8) is 0 Å². The minimum absolute atomic E-state index is 0.0188. The Morgan fingerprint density at radius 2 is 1.11 bits per heavy atom. The molecule has 0 saturated heterocycles. The number of benzene rings is 8. The van der Waals surface area contributed by atoms with Crippen molar-refractivity contribution in [2.45, 2.75) is 0 Å². The summed E-state index contributed by atoms with van der Waals surface area (Å²) in [4.78, 5) is 15.4. The largest absolute Gasteiger partial charge is 0.455 e. The summed E-state index contributed by atoms with van der Waals surface area (Å²) in [5.74, 6) is 1.29. The minimum Gasteiger partial charge on any atom is -0.455 e. The van der Waals surface area contributed by atoms with Crippen molar-refractivity contribution in [1.29, 1.82) is 0 Å². The molecular formula is C49H30N4O. The fraction of sp³-hybridized carbons (Fsp3) is 0. The molecule has 0 N–H and O–H groups in total. The van der Waals surface area contributed by atoms with Crippen LogP contribution in [0.15, 0.2) is 186 Å². The third-order valence-corrected chi connectivity index (χ3v) is 10.0. The summed E-state index contributed by atoms with van der Waals surface area (Å²) in [6, 6.07) is 45.6. The Labute approximate surface area is 318 Å². The molecule has 5 nitrogen and oxygen atoms in total. The third kappa shape index (κ3) is 4.76. The highest BCUT2D eigenvalue weighted by molar-refractivity contribution is 6.13. The fourth-order valence-electron chi connectivity index (χ4n) is 7.56. The minimum atomic E-state index is -0.370. The first-order valence-corrected chi connectivity index (χ1v) is 17.6. The van der Waals surface area contributed by atoms with Crippen LogP contribution < -0.4 is 0 Å². The Bertz CT molecular complexity index is 3530. The lowest BCUT2D eigenvalue weighted by Crippen LogP contribution is -2.05. The molecule has 0 saturated carbocycles. The molecule has 0 fully saturated rings. The number of hydrogen-bond donors (Lipinski definition) is 0. The molecule has 8 aromatic carbocycles. The zero-order chi connectivity index (χ0) is 40.8. The molecule has 0 spiro atoms. The number of rotatable bonds is 5. The van der Waals surface area contributed by atoms with Gasteiger partial charge in [0.05, 0.1) is 24.9 Å². The van der Waals surface area contributed by atoms with Gasteiger partial charge in [0.1, 0.15) is 11.2 Å². The number of furan rings is 1. The van der Waals surface area contributed by atoms with Crippen molar-refractivity contribution in [2.24, 2.45) is 0 Å². The molecule has 0 aliphatic carbocycles. The van der Waals surface area contributed by atoms with Crippen LogP contribution in [-0.2, 0) is 0 Å². The van der Waals surface area contributed by atoms with E-state index in [1.165, 1.54) is 6.07 Å². The second-order valence-electron chi connectivity index (χ2n) is 13.1. The molecule has 252 valence electrons. The molecule has 0 aliphatic rings. The number of para-hydroxylation sites is 5. The summed E-state index contributed by atoms with van der Waals surface area (Å²) in [5.41, 5.74) is 5.33. The van der Waals surface area contributed by atoms with Gasteiger partial charge >= 0.3 is 0 Å². The van der Waals surface area contributed by atoms with E-state index in [4.69, 9.17) is 26.2 Å². The molecule has 11 rings (SSSR count). The van der Waals surface area contributed by atoms with Gasteiger partial charge in [-0.25, -0.2) is 15.0 Å². The van der Waals surface area contributed by atoms with Gasteiger partial charge in [-0.05, 0) is 41.1 Å². The van der Waals surface area contributed by atoms with Crippen molar-refractivity contribution < 1.29 is 12.6 Å². The van der Waals surface area contributed by atoms with Crippen molar-refractivity contribution >= 4 is 54.5 Å². The molecule has 0 bridgehead atoms. The standard InChI is InChI=1S/C49H30N4O/c1-2-15-32(16-3-1)47-50-48(34-29-28-31-14-4-5-17-33(31)30-34)52-49(51-47)41-24-12-21-38(40-23-13-22-39-37-20-8-11-27-44(37)54-46(39)40)45(41)53-42-25-9-6-18-35(42)36-19-7-10-26-43(36)53/h1-30H/i8D,13D,20D,22D,23D,27D. The number of fused-ring (bicyclic) bond motifs is 7. The van der Waals surface area contributed by atoms with Crippen LogP contribution in [0.4, 0.5) is 0 Å². The van der Waals surface area contributed by atoms with Crippen LogP contribution >= 0.6 is 0 Å². The van der Waals surface area contributed by atoms with E-state index in [0.717, 1.165) is 43.7 Å². The first-order chi connectivity index (χ1) is 29.3. The summed E-state index contributed by atoms with van der Waals surface area (Å²) >= 11 is 0. The monoisotopic (exact) mass is 696 g/mol. The van der Waals surface area contributed by atoms with Gasteiger partial charge in [-0.15, -0.1) is 0 Å². The van der Waals surface area contributed by atoms with Crippen LogP contribution in [0.1, 0.15) is 8.22 Å². The topological polar surface area (TPSA) is 56.7 Å². The van der Waals surface area contributed by atoms with Crippen LogP contribution in [0.25, 0.3) is 105 Å². The number of hydrogen-bond acceptors (Lipinski definition) is 4. The maximum Gasteiger partial charge on any atom is 0.166 e. The van der Waals surface area contributed by atoms with Crippen molar-refractivity contribution in [2.75, 3.05) is 0 Å². The van der Waals surface area contributed by atoms with E-state index >= 15 is 0 Å². The molecule has 5 heteroatoms. The molecule has 11 aromatic rings. The highest BCUT2D eigenvalue weighted by Crippen LogP contribution is 2.44. The van der Waals surface area contributed by atoms with Crippen LogP contribution in [0.2, 0.25) is 0 Å². The summed E-state index contributed by atoms with van der Waals surface area (Å²) in [6.45, 7) is 0. The van der Waals surface area contributed by atoms with Crippen LogP contribution in [-0.4, -0.2) is 19.5 Å². The van der Waals surface area contributed by atoms with Crippen molar-refractivity contribution in [3.8, 4) is 51.0 Å². The molecule has 3 aromatic heterocycles. The summed E-state index contributed by atoms with van der Waals surface area (Å²) in [7, 11) is 0. The lowest BCUT2D eigenvalue weighted by Gasteiger charge is -2.19. The molecule has 0 amide bonds. The SMILES string of the molecule is [2H]c1cc([2H])c2oc3c(-c4cccc(-c5nc(-c6ccccc6)nc(-c6ccc7ccccc7c6)n5)c4-n4c5ccccc5c5ccccc54)c([2H])c([2H])c([2H])c3c2c1[2H]. The van der Waals surface area contributed by atoms with E-state index < -0.39 is 0 Å². The number of aromatic nitrogens is 4. The Morgan fingerprint density at radius 3 is 1.93 bits per heavy atom. The van der Waals surface area contributed by atoms with Gasteiger partial charge < -0.3 is 8.98 Å². The predicted molar refractivity (Wildman–Crippen MR) is 221 cm³/mol. The maximum absolute atomic E-state index is 9.51. The van der Waals surface area contributed by atoms with Gasteiger partial charge in [-0.1, -0.05) is 152 Å². The first-order valence-electron chi connectivity index (χ1n) is 20.6. The van der Waals surface area contributed by atoms with Gasteiger partial charge in [-0.2, -0.15) is 0 Å². The van der Waals surface area contributed by atoms with E-state index in [-0.39, 0.29) is 63.8 Å². The molecular weight excluding hydrogens is 661 g/mol. The number of nitrogens with zero attached hydrogens (tertiary/aromatic N) is 4. The summed E-state index contributed by atoms with van der Waals surface area (Å²) in [6.07, 6.45) is 0. The van der Waals surface area contributed by atoms with E-state index in [1.807, 2.05) is 103 Å². The first kappa shape index (κ1) is 24.8. The Balaban J connectivity index is 1.30. The second-order valence-corrected chi connectivity index (χ2v) is 13.1. The lowest BCUT2D eigenvalue weighted by molar-refractivity contribution is 0.670. The summed E-state index contributed by atoms with van der Waals surface area (Å²) in [5, 5.41) is 4.32. The van der Waals surface area contributed by atoms with Gasteiger partial charge in [0, 0.05) is 49.4 Å². The zero-order valence-corrected chi connectivity index (χ0v) is 28.6. The quantitative estimate of drug-likeness (QED) is 0.180. The Kier molecular flexibility index (Phi) is 5.55. The highest BCUT2D eigenvalue weighted by atomic mass is 16.3. The molecule has 0 unspecified atom stereocenters. The normalized spacial score (nSPS) is 13.3. The van der Waals surface area contributed by atoms with E-state index in [9.17, 15) is 1.37 Å². The lowest BCUT2D eigenvalue weighted by atomic mass is 9.97. The van der Waals surface area contributed by atoms with Crippen molar-refractivity contribution in [3.05, 3.63) is 182 Å². The van der Waals surface area contributed by atoms with Crippen molar-refractivity contribution in [1.82, 2.24) is 19.5 Å². The molecule has 3 heterocycles. The highest BCUT2D eigenvalue weighted by Gasteiger charge is 2.24. The fourth-order valence-corrected chi connectivity index (χ4v) is 7.56. The third-order valence-electron chi connectivity index (χ3n) is 10.0. The van der Waals surface area contributed by atoms with E-state index in [2.05, 4.69) is 41.0 Å². The van der Waals surface area contributed by atoms with Gasteiger partial charge in [-0.3, -0.25) is 0 Å². The predicted octanol–water partition coefficient (Wildman–Crippen LogP) is 12.7. The van der Waals surface area contributed by atoms with E-state index in [0.29, 0.717) is 34.3 Å². The molecule has 54 heavy (non-hydrogen) atoms. The van der Waals surface area contributed by atoms with Crippen LogP contribution in [0, 0.1) is 0 Å². The molecule has 0 radical (unpaired) electrons. The average molecular weight is 697 g/mol. The van der Waals surface area contributed by atoms with E-state index in [1.54, 1.807) is 0 Å². The second kappa shape index (κ2) is 12.1. The zero-order valence-electron chi connectivity index (χ0n) is 34.6. The smallest absolute Gasteiger partial charge is 0.166 e. The molecule has 0 aliphatic heterocycles. The summed E-state index contributed by atoms with van der Waals surface area (Å²) < 4.78 is 62.3. The van der Waals surface area contributed by atoms with Crippen LogP contribution in [0.3, 0.4) is 0 Å². The average Bonchev–Trinajstić information content (AvgIpc) is 3.85. The Hall–Kier alpha value is -7.37. The molecule has 0 atom stereocenters. The van der Waals surface area contributed by atoms with Gasteiger partial charge in [0.15, 0.2) is 17.5 Å².